The number of nitrogens with zero attached hydrogens (tertiary/aromatic N) is 1. The summed E-state index contributed by atoms with van der Waals surface area (Å²) in [6.45, 7) is 0. The normalized spacial score (nSPS) is 11.2. The average molecular weight is 296 g/mol. The SMILES string of the molecule is NC(=O)c1cccc(Nc2ccc(C(F)(F)F)nc2)c1N. The van der Waals surface area contributed by atoms with Crippen LogP contribution < -0.4 is 16.8 Å². The number of nitrogens with two attached hydrogens (primary N) is 2. The molecule has 5 nitrogen and oxygen atoms in total. The number of rotatable bonds is 3. The fourth-order valence-electron chi connectivity index (χ4n) is 1.68. The molecule has 0 aliphatic heterocycles. The third kappa shape index (κ3) is 3.22. The Bertz CT molecular complexity index is 668. The lowest BCUT2D eigenvalue weighted by molar-refractivity contribution is -0.141. The molecule has 0 spiro atoms. The molecular formula is C13H11F3N4O. The third-order valence-corrected chi connectivity index (χ3v) is 2.70. The first-order valence-corrected chi connectivity index (χ1v) is 5.77. The number of benzene rings is 1. The van der Waals surface area contributed by atoms with Crippen LogP contribution in [0.4, 0.5) is 30.2 Å². The Kier molecular flexibility index (Phi) is 3.70. The van der Waals surface area contributed by atoms with E-state index in [-0.39, 0.29) is 11.3 Å². The molecule has 0 unspecified atom stereocenters. The highest BCUT2D eigenvalue weighted by Crippen LogP contribution is 2.29. The molecule has 21 heavy (non-hydrogen) atoms. The van der Waals surface area contributed by atoms with E-state index in [1.165, 1.54) is 12.1 Å². The number of hydrogen-bond donors (Lipinski definition) is 3. The van der Waals surface area contributed by atoms with E-state index in [2.05, 4.69) is 10.3 Å². The summed E-state index contributed by atoms with van der Waals surface area (Å²) in [5.74, 6) is -0.693. The monoisotopic (exact) mass is 296 g/mol. The van der Waals surface area contributed by atoms with Crippen molar-refractivity contribution in [2.24, 2.45) is 5.73 Å². The topological polar surface area (TPSA) is 94.0 Å². The quantitative estimate of drug-likeness (QED) is 0.759. The fourth-order valence-corrected chi connectivity index (χ4v) is 1.68. The zero-order valence-electron chi connectivity index (χ0n) is 10.6. The first kappa shape index (κ1) is 14.6. The summed E-state index contributed by atoms with van der Waals surface area (Å²) in [5, 5.41) is 2.78. The molecule has 1 amide bonds. The minimum Gasteiger partial charge on any atom is -0.396 e. The minimum atomic E-state index is -4.50. The van der Waals surface area contributed by atoms with Crippen LogP contribution in [0, 0.1) is 0 Å². The number of alkyl halides is 3. The summed E-state index contributed by atoms with van der Waals surface area (Å²) in [7, 11) is 0. The summed E-state index contributed by atoms with van der Waals surface area (Å²) in [6.07, 6.45) is -3.47. The van der Waals surface area contributed by atoms with E-state index in [0.29, 0.717) is 11.4 Å². The predicted molar refractivity (Wildman–Crippen MR) is 71.9 cm³/mol. The number of hydrogen-bond acceptors (Lipinski definition) is 4. The number of anilines is 3. The maximum absolute atomic E-state index is 12.4. The minimum absolute atomic E-state index is 0.116. The second kappa shape index (κ2) is 5.31. The number of pyridine rings is 1. The van der Waals surface area contributed by atoms with Gasteiger partial charge in [0.15, 0.2) is 0 Å². The maximum atomic E-state index is 12.4. The lowest BCUT2D eigenvalue weighted by Crippen LogP contribution is -2.14. The molecule has 8 heteroatoms. The summed E-state index contributed by atoms with van der Waals surface area (Å²) < 4.78 is 37.2. The van der Waals surface area contributed by atoms with E-state index >= 15 is 0 Å². The van der Waals surface area contributed by atoms with E-state index < -0.39 is 17.8 Å². The van der Waals surface area contributed by atoms with Gasteiger partial charge in [0.1, 0.15) is 5.69 Å². The summed E-state index contributed by atoms with van der Waals surface area (Å²) >= 11 is 0. The van der Waals surface area contributed by atoms with Crippen molar-refractivity contribution >= 4 is 23.0 Å². The molecule has 1 heterocycles. The molecule has 5 N–H and O–H groups in total. The van der Waals surface area contributed by atoms with Crippen LogP contribution in [-0.2, 0) is 6.18 Å². The molecule has 1 aromatic carbocycles. The molecule has 0 radical (unpaired) electrons. The van der Waals surface area contributed by atoms with E-state index in [1.54, 1.807) is 12.1 Å². The van der Waals surface area contributed by atoms with Crippen molar-refractivity contribution in [3.05, 3.63) is 47.8 Å². The number of halogens is 3. The van der Waals surface area contributed by atoms with Gasteiger partial charge < -0.3 is 16.8 Å². The van der Waals surface area contributed by atoms with Crippen LogP contribution in [0.2, 0.25) is 0 Å². The Morgan fingerprint density at radius 1 is 1.19 bits per heavy atom. The van der Waals surface area contributed by atoms with Crippen LogP contribution in [0.3, 0.4) is 0 Å². The van der Waals surface area contributed by atoms with Crippen molar-refractivity contribution in [1.29, 1.82) is 0 Å². The standard InChI is InChI=1S/C13H11F3N4O/c14-13(15,16)10-5-4-7(6-19-10)20-9-3-1-2-8(11(9)17)12(18)21/h1-6,20H,17H2,(H2,18,21). The van der Waals surface area contributed by atoms with Crippen molar-refractivity contribution < 1.29 is 18.0 Å². The van der Waals surface area contributed by atoms with Gasteiger partial charge in [-0.2, -0.15) is 13.2 Å². The molecule has 2 rings (SSSR count). The second-order valence-corrected chi connectivity index (χ2v) is 4.19. The van der Waals surface area contributed by atoms with Gasteiger partial charge >= 0.3 is 6.18 Å². The van der Waals surface area contributed by atoms with Crippen LogP contribution in [0.15, 0.2) is 36.5 Å². The molecule has 0 fully saturated rings. The summed E-state index contributed by atoms with van der Waals surface area (Å²) in [4.78, 5) is 14.5. The lowest BCUT2D eigenvalue weighted by Gasteiger charge is -2.12. The predicted octanol–water partition coefficient (Wildman–Crippen LogP) is 2.53. The Morgan fingerprint density at radius 3 is 2.43 bits per heavy atom. The molecule has 0 aliphatic rings. The summed E-state index contributed by atoms with van der Waals surface area (Å²) in [5.41, 5.74) is 10.8. The van der Waals surface area contributed by atoms with Crippen molar-refractivity contribution in [3.63, 3.8) is 0 Å². The highest BCUT2D eigenvalue weighted by atomic mass is 19.4. The Morgan fingerprint density at radius 2 is 1.90 bits per heavy atom. The van der Waals surface area contributed by atoms with Gasteiger partial charge in [-0.1, -0.05) is 6.07 Å². The zero-order chi connectivity index (χ0) is 15.6. The molecular weight excluding hydrogens is 285 g/mol. The highest BCUT2D eigenvalue weighted by Gasteiger charge is 2.32. The molecule has 110 valence electrons. The third-order valence-electron chi connectivity index (χ3n) is 2.70. The number of nitrogen functional groups attached to an aromatic ring is 1. The van der Waals surface area contributed by atoms with Crippen molar-refractivity contribution in [3.8, 4) is 0 Å². The van der Waals surface area contributed by atoms with Gasteiger partial charge in [0.25, 0.3) is 5.91 Å². The van der Waals surface area contributed by atoms with E-state index in [9.17, 15) is 18.0 Å². The van der Waals surface area contributed by atoms with Gasteiger partial charge in [-0.05, 0) is 24.3 Å². The highest BCUT2D eigenvalue weighted by molar-refractivity contribution is 6.01. The molecule has 0 bridgehead atoms. The largest absolute Gasteiger partial charge is 0.433 e. The number of para-hydroxylation sites is 1. The van der Waals surface area contributed by atoms with E-state index in [0.717, 1.165) is 12.3 Å². The Hall–Kier alpha value is -2.77. The number of carbonyl (C=O) groups is 1. The summed E-state index contributed by atoms with van der Waals surface area (Å²) in [6, 6.07) is 6.63. The van der Waals surface area contributed by atoms with Gasteiger partial charge in [0, 0.05) is 0 Å². The van der Waals surface area contributed by atoms with Crippen molar-refractivity contribution in [2.45, 2.75) is 6.18 Å². The molecule has 0 aliphatic carbocycles. The van der Waals surface area contributed by atoms with Crippen molar-refractivity contribution in [1.82, 2.24) is 4.98 Å². The molecule has 1 aromatic heterocycles. The number of aromatic nitrogens is 1. The zero-order valence-corrected chi connectivity index (χ0v) is 10.6. The van der Waals surface area contributed by atoms with Crippen molar-refractivity contribution in [2.75, 3.05) is 11.1 Å². The maximum Gasteiger partial charge on any atom is 0.433 e. The van der Waals surface area contributed by atoms with Crippen LogP contribution in [0.25, 0.3) is 0 Å². The molecule has 0 atom stereocenters. The first-order valence-electron chi connectivity index (χ1n) is 5.77. The van der Waals surface area contributed by atoms with E-state index in [1.807, 2.05) is 0 Å². The number of nitrogens with one attached hydrogen (secondary N) is 1. The van der Waals surface area contributed by atoms with Crippen LogP contribution >= 0.6 is 0 Å². The van der Waals surface area contributed by atoms with Crippen LogP contribution in [-0.4, -0.2) is 10.9 Å². The van der Waals surface area contributed by atoms with Crippen LogP contribution in [0.1, 0.15) is 16.1 Å². The number of amides is 1. The van der Waals surface area contributed by atoms with Crippen LogP contribution in [0.5, 0.6) is 0 Å². The van der Waals surface area contributed by atoms with Gasteiger partial charge in [-0.3, -0.25) is 4.79 Å². The second-order valence-electron chi connectivity index (χ2n) is 4.19. The fraction of sp³-hybridized carbons (Fsp3) is 0.0769. The van der Waals surface area contributed by atoms with Gasteiger partial charge in [0.2, 0.25) is 0 Å². The number of carbonyl (C=O) groups excluding carboxylic acids is 1. The molecule has 0 saturated heterocycles. The smallest absolute Gasteiger partial charge is 0.396 e. The van der Waals surface area contributed by atoms with E-state index in [4.69, 9.17) is 11.5 Å². The lowest BCUT2D eigenvalue weighted by atomic mass is 10.1. The number of primary amides is 1. The Balaban J connectivity index is 2.27. The molecule has 2 aromatic rings. The Labute approximate surface area is 117 Å². The van der Waals surface area contributed by atoms with Gasteiger partial charge in [0.05, 0.1) is 28.8 Å². The molecule has 0 saturated carbocycles. The van der Waals surface area contributed by atoms with Gasteiger partial charge in [-0.15, -0.1) is 0 Å². The average Bonchev–Trinajstić information content (AvgIpc) is 2.40. The first-order chi connectivity index (χ1) is 9.79. The van der Waals surface area contributed by atoms with Gasteiger partial charge in [-0.25, -0.2) is 4.98 Å².